The Hall–Kier alpha value is -4.57. The highest BCUT2D eigenvalue weighted by atomic mass is 35.5. The molecule has 11 heteroatoms. The summed E-state index contributed by atoms with van der Waals surface area (Å²) in [5, 5.41) is 3.36. The van der Waals surface area contributed by atoms with Crippen LogP contribution in [0.1, 0.15) is 15.9 Å². The quantitative estimate of drug-likeness (QED) is 0.165. The standard InChI is InChI=1S/C31H23Cl2N3O5S/c32-22-12-17-27(36-42(38,39)24-15-13-23(14-16-24)41-28-10-5-4-9-26(28)33)25(19-22)31(37)35-30-29(11-6-18-34-30)40-20-21-7-2-1-3-8-21/h1-19,36H,20H2,(H,34,35,37). The van der Waals surface area contributed by atoms with Crippen LogP contribution in [-0.4, -0.2) is 19.3 Å². The number of amides is 1. The Labute approximate surface area is 252 Å². The number of para-hydroxylation sites is 1. The first-order chi connectivity index (χ1) is 20.3. The number of benzene rings is 4. The lowest BCUT2D eigenvalue weighted by molar-refractivity contribution is 0.102. The van der Waals surface area contributed by atoms with Gasteiger partial charge in [0.15, 0.2) is 11.6 Å². The molecule has 0 bridgehead atoms. The largest absolute Gasteiger partial charge is 0.485 e. The topological polar surface area (TPSA) is 107 Å². The fourth-order valence-corrected chi connectivity index (χ4v) is 5.28. The van der Waals surface area contributed by atoms with Crippen LogP contribution in [0.15, 0.2) is 120 Å². The van der Waals surface area contributed by atoms with Gasteiger partial charge in [-0.25, -0.2) is 13.4 Å². The van der Waals surface area contributed by atoms with Gasteiger partial charge in [-0.05, 0) is 72.3 Å². The summed E-state index contributed by atoms with van der Waals surface area (Å²) in [5.41, 5.74) is 0.953. The van der Waals surface area contributed by atoms with Gasteiger partial charge in [-0.15, -0.1) is 0 Å². The number of halogens is 2. The lowest BCUT2D eigenvalue weighted by Gasteiger charge is -2.15. The number of carbonyl (C=O) groups is 1. The molecular weight excluding hydrogens is 597 g/mol. The van der Waals surface area contributed by atoms with Gasteiger partial charge in [-0.2, -0.15) is 0 Å². The normalized spacial score (nSPS) is 11.0. The Bertz CT molecular complexity index is 1820. The molecule has 0 saturated carbocycles. The van der Waals surface area contributed by atoms with Crippen molar-refractivity contribution in [3.63, 3.8) is 0 Å². The third-order valence-corrected chi connectivity index (χ3v) is 7.84. The molecule has 1 aromatic heterocycles. The molecule has 1 heterocycles. The zero-order valence-corrected chi connectivity index (χ0v) is 24.2. The van der Waals surface area contributed by atoms with Crippen molar-refractivity contribution in [1.29, 1.82) is 0 Å². The van der Waals surface area contributed by atoms with E-state index in [1.165, 1.54) is 48.7 Å². The van der Waals surface area contributed by atoms with Gasteiger partial charge in [0.2, 0.25) is 0 Å². The molecule has 5 aromatic rings. The Balaban J connectivity index is 1.33. The summed E-state index contributed by atoms with van der Waals surface area (Å²) in [4.78, 5) is 17.5. The number of pyridine rings is 1. The number of carbonyl (C=O) groups excluding carboxylic acids is 1. The molecule has 1 amide bonds. The molecule has 212 valence electrons. The van der Waals surface area contributed by atoms with Crippen molar-refractivity contribution in [2.24, 2.45) is 0 Å². The summed E-state index contributed by atoms with van der Waals surface area (Å²) in [6.07, 6.45) is 1.51. The van der Waals surface area contributed by atoms with Crippen molar-refractivity contribution in [3.05, 3.63) is 137 Å². The van der Waals surface area contributed by atoms with Gasteiger partial charge in [0.05, 0.1) is 21.2 Å². The van der Waals surface area contributed by atoms with E-state index in [0.29, 0.717) is 22.3 Å². The fourth-order valence-electron chi connectivity index (χ4n) is 3.85. The van der Waals surface area contributed by atoms with Crippen molar-refractivity contribution in [1.82, 2.24) is 4.98 Å². The van der Waals surface area contributed by atoms with Gasteiger partial charge in [-0.3, -0.25) is 9.52 Å². The average molecular weight is 621 g/mol. The van der Waals surface area contributed by atoms with E-state index in [0.717, 1.165) is 5.56 Å². The van der Waals surface area contributed by atoms with Gasteiger partial charge in [0.25, 0.3) is 15.9 Å². The number of rotatable bonds is 10. The second kappa shape index (κ2) is 12.9. The van der Waals surface area contributed by atoms with Crippen LogP contribution in [0.2, 0.25) is 10.0 Å². The van der Waals surface area contributed by atoms with E-state index >= 15 is 0 Å². The van der Waals surface area contributed by atoms with Crippen molar-refractivity contribution in [2.75, 3.05) is 10.0 Å². The van der Waals surface area contributed by atoms with Crippen LogP contribution in [-0.2, 0) is 16.6 Å². The summed E-state index contributed by atoms with van der Waals surface area (Å²) in [6, 6.07) is 29.8. The highest BCUT2D eigenvalue weighted by molar-refractivity contribution is 7.92. The predicted molar refractivity (Wildman–Crippen MR) is 163 cm³/mol. The molecule has 0 aliphatic heterocycles. The number of nitrogens with zero attached hydrogens (tertiary/aromatic N) is 1. The van der Waals surface area contributed by atoms with Crippen LogP contribution >= 0.6 is 23.2 Å². The van der Waals surface area contributed by atoms with Crippen molar-refractivity contribution < 1.29 is 22.7 Å². The van der Waals surface area contributed by atoms with Crippen LogP contribution in [0, 0.1) is 0 Å². The Kier molecular flexibility index (Phi) is 8.92. The minimum absolute atomic E-state index is 0.00981. The van der Waals surface area contributed by atoms with Crippen LogP contribution in [0.25, 0.3) is 0 Å². The summed E-state index contributed by atoms with van der Waals surface area (Å²) in [6.45, 7) is 0.264. The van der Waals surface area contributed by atoms with Gasteiger partial charge in [-0.1, -0.05) is 65.7 Å². The molecule has 0 saturated heterocycles. The Morgan fingerprint density at radius 1 is 0.810 bits per heavy atom. The molecule has 5 rings (SSSR count). The lowest BCUT2D eigenvalue weighted by atomic mass is 10.1. The highest BCUT2D eigenvalue weighted by Gasteiger charge is 2.21. The minimum atomic E-state index is -4.10. The molecule has 4 aromatic carbocycles. The Morgan fingerprint density at radius 3 is 2.29 bits per heavy atom. The first-order valence-corrected chi connectivity index (χ1v) is 14.8. The molecule has 0 aliphatic carbocycles. The molecule has 2 N–H and O–H groups in total. The smallest absolute Gasteiger partial charge is 0.261 e. The molecule has 42 heavy (non-hydrogen) atoms. The highest BCUT2D eigenvalue weighted by Crippen LogP contribution is 2.31. The fraction of sp³-hybridized carbons (Fsp3) is 0.0323. The molecule has 0 unspecified atom stereocenters. The van der Waals surface area contributed by atoms with Crippen molar-refractivity contribution >= 4 is 50.6 Å². The maximum absolute atomic E-state index is 13.4. The summed E-state index contributed by atoms with van der Waals surface area (Å²) >= 11 is 12.3. The molecule has 8 nitrogen and oxygen atoms in total. The second-order valence-electron chi connectivity index (χ2n) is 8.88. The number of anilines is 2. The average Bonchev–Trinajstić information content (AvgIpc) is 2.99. The zero-order chi connectivity index (χ0) is 29.5. The van der Waals surface area contributed by atoms with Gasteiger partial charge in [0, 0.05) is 11.2 Å². The number of ether oxygens (including phenoxy) is 2. The van der Waals surface area contributed by atoms with E-state index in [1.54, 1.807) is 36.4 Å². The molecule has 0 fully saturated rings. The maximum Gasteiger partial charge on any atom is 0.261 e. The summed E-state index contributed by atoms with van der Waals surface area (Å²) < 4.78 is 40.6. The maximum atomic E-state index is 13.4. The molecular formula is C31H23Cl2N3O5S. The molecule has 0 radical (unpaired) electrons. The summed E-state index contributed by atoms with van der Waals surface area (Å²) in [5.74, 6) is 0.710. The van der Waals surface area contributed by atoms with E-state index in [4.69, 9.17) is 32.7 Å². The molecule has 0 spiro atoms. The minimum Gasteiger partial charge on any atom is -0.485 e. The van der Waals surface area contributed by atoms with Crippen LogP contribution in [0.3, 0.4) is 0 Å². The van der Waals surface area contributed by atoms with Gasteiger partial charge < -0.3 is 14.8 Å². The lowest BCUT2D eigenvalue weighted by Crippen LogP contribution is -2.19. The van der Waals surface area contributed by atoms with Crippen LogP contribution in [0.4, 0.5) is 11.5 Å². The number of aromatic nitrogens is 1. The van der Waals surface area contributed by atoms with E-state index < -0.39 is 15.9 Å². The number of hydrogen-bond donors (Lipinski definition) is 2. The third-order valence-electron chi connectivity index (χ3n) is 5.91. The van der Waals surface area contributed by atoms with Gasteiger partial charge >= 0.3 is 0 Å². The molecule has 0 aliphatic rings. The van der Waals surface area contributed by atoms with Gasteiger partial charge in [0.1, 0.15) is 18.1 Å². The van der Waals surface area contributed by atoms with Crippen LogP contribution < -0.4 is 19.5 Å². The van der Waals surface area contributed by atoms with E-state index in [-0.39, 0.29) is 33.6 Å². The van der Waals surface area contributed by atoms with Crippen molar-refractivity contribution in [3.8, 4) is 17.2 Å². The number of sulfonamides is 1. The van der Waals surface area contributed by atoms with E-state index in [9.17, 15) is 13.2 Å². The first kappa shape index (κ1) is 28.9. The van der Waals surface area contributed by atoms with E-state index in [1.807, 2.05) is 30.3 Å². The Morgan fingerprint density at radius 2 is 1.52 bits per heavy atom. The monoisotopic (exact) mass is 619 g/mol. The third kappa shape index (κ3) is 7.19. The number of nitrogens with one attached hydrogen (secondary N) is 2. The zero-order valence-electron chi connectivity index (χ0n) is 21.8. The van der Waals surface area contributed by atoms with Crippen molar-refractivity contribution in [2.45, 2.75) is 11.5 Å². The first-order valence-electron chi connectivity index (χ1n) is 12.6. The van der Waals surface area contributed by atoms with Crippen LogP contribution in [0.5, 0.6) is 17.2 Å². The second-order valence-corrected chi connectivity index (χ2v) is 11.4. The number of hydrogen-bond acceptors (Lipinski definition) is 6. The predicted octanol–water partition coefficient (Wildman–Crippen LogP) is 7.81. The molecule has 0 atom stereocenters. The SMILES string of the molecule is O=C(Nc1ncccc1OCc1ccccc1)c1cc(Cl)ccc1NS(=O)(=O)c1ccc(Oc2ccccc2Cl)cc1. The van der Waals surface area contributed by atoms with E-state index in [2.05, 4.69) is 15.0 Å². The summed E-state index contributed by atoms with van der Waals surface area (Å²) in [7, 11) is -4.10.